The summed E-state index contributed by atoms with van der Waals surface area (Å²) in [5, 5.41) is 11.4. The fourth-order valence-corrected chi connectivity index (χ4v) is 0.982. The molecule has 0 spiro atoms. The van der Waals surface area contributed by atoms with E-state index in [9.17, 15) is 4.79 Å². The van der Waals surface area contributed by atoms with E-state index in [1.165, 1.54) is 4.90 Å². The molecule has 11 heavy (non-hydrogen) atoms. The molecule has 64 valence electrons. The van der Waals surface area contributed by atoms with E-state index in [2.05, 4.69) is 5.32 Å². The summed E-state index contributed by atoms with van der Waals surface area (Å²) in [7, 11) is 0. The van der Waals surface area contributed by atoms with Crippen molar-refractivity contribution in [3.05, 3.63) is 0 Å². The van der Waals surface area contributed by atoms with Gasteiger partial charge in [-0.05, 0) is 0 Å². The molecule has 0 unspecified atom stereocenters. The standard InChI is InChI=1S/C6H11ClN2O2/c7-1-2-8-6(11)9-3-5(10)4-9/h5,10H,1-4H2,(H,8,11). The van der Waals surface area contributed by atoms with E-state index < -0.39 is 0 Å². The number of carbonyl (C=O) groups is 1. The number of carbonyl (C=O) groups excluding carboxylic acids is 1. The zero-order chi connectivity index (χ0) is 8.27. The van der Waals surface area contributed by atoms with Crippen LogP contribution in [-0.4, -0.2) is 47.7 Å². The first kappa shape index (κ1) is 8.62. The number of alkyl halides is 1. The van der Waals surface area contributed by atoms with Gasteiger partial charge in [0.1, 0.15) is 0 Å². The molecule has 0 radical (unpaired) electrons. The number of aliphatic hydroxyl groups excluding tert-OH is 1. The average molecular weight is 179 g/mol. The first-order chi connectivity index (χ1) is 5.24. The van der Waals surface area contributed by atoms with Gasteiger partial charge in [0.25, 0.3) is 0 Å². The second-order valence-corrected chi connectivity index (χ2v) is 2.86. The van der Waals surface area contributed by atoms with Gasteiger partial charge in [-0.3, -0.25) is 0 Å². The summed E-state index contributed by atoms with van der Waals surface area (Å²) in [5.41, 5.74) is 0. The molecular weight excluding hydrogens is 168 g/mol. The van der Waals surface area contributed by atoms with Crippen molar-refractivity contribution >= 4 is 17.6 Å². The molecule has 0 aromatic rings. The van der Waals surface area contributed by atoms with Crippen LogP contribution in [0.5, 0.6) is 0 Å². The van der Waals surface area contributed by atoms with Crippen molar-refractivity contribution in [1.29, 1.82) is 0 Å². The number of β-amino-alcohol motifs (C(OH)–C–C–N with tert-alkyl or cyclic N) is 1. The number of urea groups is 1. The number of rotatable bonds is 2. The van der Waals surface area contributed by atoms with Gasteiger partial charge in [0, 0.05) is 12.4 Å². The van der Waals surface area contributed by atoms with Crippen LogP contribution in [0.3, 0.4) is 0 Å². The van der Waals surface area contributed by atoms with Crippen LogP contribution in [0.15, 0.2) is 0 Å². The van der Waals surface area contributed by atoms with Crippen LogP contribution >= 0.6 is 11.6 Å². The maximum atomic E-state index is 11.0. The van der Waals surface area contributed by atoms with Crippen molar-refractivity contribution < 1.29 is 9.90 Å². The number of likely N-dealkylation sites (tertiary alicyclic amines) is 1. The maximum Gasteiger partial charge on any atom is 0.317 e. The lowest BCUT2D eigenvalue weighted by Crippen LogP contribution is -2.56. The Morgan fingerprint density at radius 2 is 2.36 bits per heavy atom. The zero-order valence-corrected chi connectivity index (χ0v) is 6.84. The lowest BCUT2D eigenvalue weighted by Gasteiger charge is -2.35. The number of nitrogens with zero attached hydrogens (tertiary/aromatic N) is 1. The highest BCUT2D eigenvalue weighted by Gasteiger charge is 2.28. The van der Waals surface area contributed by atoms with Crippen LogP contribution in [0.25, 0.3) is 0 Å². The summed E-state index contributed by atoms with van der Waals surface area (Å²) in [6.07, 6.45) is -0.336. The van der Waals surface area contributed by atoms with Crippen molar-refractivity contribution in [3.8, 4) is 0 Å². The Hall–Kier alpha value is -0.480. The third-order valence-corrected chi connectivity index (χ3v) is 1.71. The Morgan fingerprint density at radius 3 is 2.82 bits per heavy atom. The Bertz CT molecular complexity index is 148. The van der Waals surface area contributed by atoms with E-state index in [1.807, 2.05) is 0 Å². The molecule has 2 N–H and O–H groups in total. The molecule has 0 saturated carbocycles. The fourth-order valence-electron chi connectivity index (χ4n) is 0.887. The maximum absolute atomic E-state index is 11.0. The highest BCUT2D eigenvalue weighted by atomic mass is 35.5. The first-order valence-electron chi connectivity index (χ1n) is 3.51. The third-order valence-electron chi connectivity index (χ3n) is 1.52. The first-order valence-corrected chi connectivity index (χ1v) is 4.04. The molecule has 0 aromatic heterocycles. The Morgan fingerprint density at radius 1 is 1.73 bits per heavy atom. The molecule has 0 aliphatic carbocycles. The number of hydrogen-bond donors (Lipinski definition) is 2. The van der Waals surface area contributed by atoms with Crippen molar-refractivity contribution in [3.63, 3.8) is 0 Å². The number of nitrogens with one attached hydrogen (secondary N) is 1. The van der Waals surface area contributed by atoms with Crippen molar-refractivity contribution in [2.24, 2.45) is 0 Å². The Balaban J connectivity index is 2.11. The quantitative estimate of drug-likeness (QED) is 0.566. The van der Waals surface area contributed by atoms with Crippen LogP contribution in [0.4, 0.5) is 4.79 Å². The number of amides is 2. The third kappa shape index (κ3) is 2.24. The largest absolute Gasteiger partial charge is 0.389 e. The summed E-state index contributed by atoms with van der Waals surface area (Å²) in [6, 6.07) is -0.143. The summed E-state index contributed by atoms with van der Waals surface area (Å²) in [6.45, 7) is 1.36. The van der Waals surface area contributed by atoms with Crippen molar-refractivity contribution in [2.45, 2.75) is 6.10 Å². The molecule has 0 bridgehead atoms. The van der Waals surface area contributed by atoms with Gasteiger partial charge in [-0.15, -0.1) is 11.6 Å². The summed E-state index contributed by atoms with van der Waals surface area (Å²) in [4.78, 5) is 12.5. The summed E-state index contributed by atoms with van der Waals surface area (Å²) < 4.78 is 0. The molecule has 4 nitrogen and oxygen atoms in total. The Kier molecular flexibility index (Phi) is 2.96. The van der Waals surface area contributed by atoms with Crippen LogP contribution < -0.4 is 5.32 Å². The van der Waals surface area contributed by atoms with E-state index in [1.54, 1.807) is 0 Å². The summed E-state index contributed by atoms with van der Waals surface area (Å²) in [5.74, 6) is 0.419. The summed E-state index contributed by atoms with van der Waals surface area (Å²) >= 11 is 5.36. The van der Waals surface area contributed by atoms with E-state index in [4.69, 9.17) is 16.7 Å². The molecule has 1 fully saturated rings. The number of halogens is 1. The molecular formula is C6H11ClN2O2. The number of hydrogen-bond acceptors (Lipinski definition) is 2. The number of aliphatic hydroxyl groups is 1. The average Bonchev–Trinajstić information content (AvgIpc) is 1.94. The lowest BCUT2D eigenvalue weighted by atomic mass is 10.2. The van der Waals surface area contributed by atoms with Crippen molar-refractivity contribution in [1.82, 2.24) is 10.2 Å². The molecule has 0 aromatic carbocycles. The van der Waals surface area contributed by atoms with Gasteiger partial charge >= 0.3 is 6.03 Å². The van der Waals surface area contributed by atoms with E-state index >= 15 is 0 Å². The van der Waals surface area contributed by atoms with Crippen LogP contribution in [0, 0.1) is 0 Å². The predicted octanol–water partition coefficient (Wildman–Crippen LogP) is -0.389. The van der Waals surface area contributed by atoms with Crippen LogP contribution in [-0.2, 0) is 0 Å². The SMILES string of the molecule is O=C(NCCCl)N1CC(O)C1. The molecule has 0 atom stereocenters. The van der Waals surface area contributed by atoms with Gasteiger partial charge in [0.15, 0.2) is 0 Å². The molecule has 1 saturated heterocycles. The minimum atomic E-state index is -0.336. The highest BCUT2D eigenvalue weighted by Crippen LogP contribution is 2.06. The van der Waals surface area contributed by atoms with Gasteiger partial charge < -0.3 is 15.3 Å². The minimum Gasteiger partial charge on any atom is -0.389 e. The minimum absolute atomic E-state index is 0.143. The van der Waals surface area contributed by atoms with E-state index in [0.29, 0.717) is 25.5 Å². The van der Waals surface area contributed by atoms with E-state index in [-0.39, 0.29) is 12.1 Å². The molecule has 5 heteroatoms. The smallest absolute Gasteiger partial charge is 0.317 e. The zero-order valence-electron chi connectivity index (χ0n) is 6.09. The van der Waals surface area contributed by atoms with E-state index in [0.717, 1.165) is 0 Å². The molecule has 1 aliphatic rings. The molecule has 1 heterocycles. The molecule has 2 amide bonds. The highest BCUT2D eigenvalue weighted by molar-refractivity contribution is 6.18. The lowest BCUT2D eigenvalue weighted by molar-refractivity contribution is 0.0268. The molecule has 1 aliphatic heterocycles. The fraction of sp³-hybridized carbons (Fsp3) is 0.833. The van der Waals surface area contributed by atoms with Crippen LogP contribution in [0.1, 0.15) is 0 Å². The van der Waals surface area contributed by atoms with Gasteiger partial charge in [-0.2, -0.15) is 0 Å². The van der Waals surface area contributed by atoms with Gasteiger partial charge in [-0.1, -0.05) is 0 Å². The second kappa shape index (κ2) is 3.78. The monoisotopic (exact) mass is 178 g/mol. The normalized spacial score (nSPS) is 17.8. The predicted molar refractivity (Wildman–Crippen MR) is 41.7 cm³/mol. The van der Waals surface area contributed by atoms with Gasteiger partial charge in [-0.25, -0.2) is 4.79 Å². The van der Waals surface area contributed by atoms with Gasteiger partial charge in [0.2, 0.25) is 0 Å². The molecule has 1 rings (SSSR count). The second-order valence-electron chi connectivity index (χ2n) is 2.48. The Labute approximate surface area is 70.1 Å². The topological polar surface area (TPSA) is 52.6 Å². The van der Waals surface area contributed by atoms with Gasteiger partial charge in [0.05, 0.1) is 19.2 Å². The van der Waals surface area contributed by atoms with Crippen molar-refractivity contribution in [2.75, 3.05) is 25.5 Å². The van der Waals surface area contributed by atoms with Crippen LogP contribution in [0.2, 0.25) is 0 Å².